The maximum absolute atomic E-state index is 12.8. The number of benzene rings is 1. The average Bonchev–Trinajstić information content (AvgIpc) is 2.50. The summed E-state index contributed by atoms with van der Waals surface area (Å²) in [7, 11) is -2.71. The van der Waals surface area contributed by atoms with Crippen LogP contribution in [0.15, 0.2) is 41.8 Å². The Labute approximate surface area is 131 Å². The first kappa shape index (κ1) is 18.0. The monoisotopic (exact) mass is 321 g/mol. The van der Waals surface area contributed by atoms with E-state index in [2.05, 4.69) is 17.2 Å². The van der Waals surface area contributed by atoms with Gasteiger partial charge in [0.15, 0.2) is 0 Å². The maximum Gasteiger partial charge on any atom is 0.324 e. The van der Waals surface area contributed by atoms with E-state index in [0.29, 0.717) is 0 Å². The van der Waals surface area contributed by atoms with Crippen molar-refractivity contribution in [1.29, 1.82) is 0 Å². The van der Waals surface area contributed by atoms with Crippen molar-refractivity contribution in [2.24, 2.45) is 0 Å². The van der Waals surface area contributed by atoms with E-state index >= 15 is 0 Å². The van der Waals surface area contributed by atoms with Crippen LogP contribution in [0.25, 0.3) is 0 Å². The summed E-state index contributed by atoms with van der Waals surface area (Å²) in [5.41, 5.74) is 0.929. The number of rotatable bonds is 7. The number of esters is 1. The van der Waals surface area contributed by atoms with E-state index in [1.54, 1.807) is 12.1 Å². The summed E-state index contributed by atoms with van der Waals surface area (Å²) in [6.07, 6.45) is 6.83. The summed E-state index contributed by atoms with van der Waals surface area (Å²) in [5.74, 6) is 1.60. The minimum absolute atomic E-state index is 0.0753. The molecule has 0 heterocycles. The molecule has 6 heteroatoms. The second-order valence-corrected chi connectivity index (χ2v) is 6.52. The van der Waals surface area contributed by atoms with Gasteiger partial charge in [0, 0.05) is 0 Å². The Kier molecular flexibility index (Phi) is 6.35. The van der Waals surface area contributed by atoms with E-state index in [1.807, 2.05) is 6.92 Å². The predicted molar refractivity (Wildman–Crippen MR) is 84.5 cm³/mol. The topological polar surface area (TPSA) is 63.7 Å². The van der Waals surface area contributed by atoms with E-state index in [4.69, 9.17) is 6.42 Å². The lowest BCUT2D eigenvalue weighted by atomic mass is 10.2. The van der Waals surface area contributed by atoms with E-state index < -0.39 is 22.0 Å². The van der Waals surface area contributed by atoms with Crippen LogP contribution < -0.4 is 0 Å². The molecule has 1 unspecified atom stereocenters. The standard InChI is InChI=1S/C16H19NO4S/c1-5-7-15(16(18)21-4)17(12-6-2)22(19,20)14-10-8-13(3)9-11-14/h2,5,8-11,15H,1,7,12H2,3-4H3. The van der Waals surface area contributed by atoms with Gasteiger partial charge in [0.05, 0.1) is 18.6 Å². The van der Waals surface area contributed by atoms with E-state index in [1.165, 1.54) is 25.3 Å². The lowest BCUT2D eigenvalue weighted by molar-refractivity contribution is -0.144. The van der Waals surface area contributed by atoms with E-state index in [0.717, 1.165) is 9.87 Å². The zero-order valence-electron chi connectivity index (χ0n) is 12.7. The molecule has 0 radical (unpaired) electrons. The molecular formula is C16H19NO4S. The highest BCUT2D eigenvalue weighted by Crippen LogP contribution is 2.21. The lowest BCUT2D eigenvalue weighted by Crippen LogP contribution is -2.45. The Morgan fingerprint density at radius 2 is 2.05 bits per heavy atom. The smallest absolute Gasteiger partial charge is 0.324 e. The van der Waals surface area contributed by atoms with Crippen LogP contribution in [0.4, 0.5) is 0 Å². The molecule has 1 rings (SSSR count). The van der Waals surface area contributed by atoms with Crippen LogP contribution in [-0.2, 0) is 19.6 Å². The molecule has 0 aliphatic heterocycles. The van der Waals surface area contributed by atoms with Crippen molar-refractivity contribution < 1.29 is 17.9 Å². The summed E-state index contributed by atoms with van der Waals surface area (Å²) in [6.45, 7) is 5.16. The third-order valence-corrected chi connectivity index (χ3v) is 4.95. The van der Waals surface area contributed by atoms with Crippen molar-refractivity contribution in [1.82, 2.24) is 4.31 Å². The van der Waals surface area contributed by atoms with Gasteiger partial charge in [-0.3, -0.25) is 4.79 Å². The molecule has 0 saturated heterocycles. The van der Waals surface area contributed by atoms with Gasteiger partial charge in [0.25, 0.3) is 0 Å². The van der Waals surface area contributed by atoms with Crippen LogP contribution in [-0.4, -0.2) is 38.4 Å². The molecule has 0 spiro atoms. The van der Waals surface area contributed by atoms with E-state index in [-0.39, 0.29) is 17.9 Å². The molecule has 1 aromatic rings. The largest absolute Gasteiger partial charge is 0.468 e. The molecule has 118 valence electrons. The van der Waals surface area contributed by atoms with Crippen LogP contribution in [0.2, 0.25) is 0 Å². The Morgan fingerprint density at radius 1 is 1.45 bits per heavy atom. The predicted octanol–water partition coefficient (Wildman–Crippen LogP) is 1.74. The van der Waals surface area contributed by atoms with Crippen molar-refractivity contribution in [3.05, 3.63) is 42.5 Å². The Hall–Kier alpha value is -2.10. The molecule has 0 N–H and O–H groups in total. The van der Waals surface area contributed by atoms with Crippen LogP contribution >= 0.6 is 0 Å². The molecule has 0 fully saturated rings. The molecule has 0 aromatic heterocycles. The first-order valence-electron chi connectivity index (χ1n) is 6.59. The fourth-order valence-corrected chi connectivity index (χ4v) is 3.43. The van der Waals surface area contributed by atoms with Crippen molar-refractivity contribution in [3.8, 4) is 12.3 Å². The number of aryl methyl sites for hydroxylation is 1. The second-order valence-electron chi connectivity index (χ2n) is 4.63. The number of carbonyl (C=O) groups excluding carboxylic acids is 1. The molecule has 0 aliphatic carbocycles. The number of hydrogen-bond acceptors (Lipinski definition) is 4. The highest BCUT2D eigenvalue weighted by Gasteiger charge is 2.35. The number of sulfonamides is 1. The number of hydrogen-bond donors (Lipinski definition) is 0. The van der Waals surface area contributed by atoms with Crippen LogP contribution in [0.5, 0.6) is 0 Å². The quantitative estimate of drug-likeness (QED) is 0.436. The fraction of sp³-hybridized carbons (Fsp3) is 0.312. The van der Waals surface area contributed by atoms with Crippen molar-refractivity contribution in [3.63, 3.8) is 0 Å². The highest BCUT2D eigenvalue weighted by atomic mass is 32.2. The second kappa shape index (κ2) is 7.78. The van der Waals surface area contributed by atoms with Gasteiger partial charge in [0.1, 0.15) is 6.04 Å². The molecule has 0 bridgehead atoms. The zero-order chi connectivity index (χ0) is 16.8. The normalized spacial score (nSPS) is 12.5. The molecule has 0 aliphatic rings. The summed E-state index contributed by atoms with van der Waals surface area (Å²) >= 11 is 0. The average molecular weight is 321 g/mol. The van der Waals surface area contributed by atoms with Gasteiger partial charge < -0.3 is 4.74 Å². The van der Waals surface area contributed by atoms with Crippen LogP contribution in [0, 0.1) is 19.3 Å². The minimum Gasteiger partial charge on any atom is -0.468 e. The fourth-order valence-electron chi connectivity index (χ4n) is 1.92. The maximum atomic E-state index is 12.8. The first-order valence-corrected chi connectivity index (χ1v) is 8.03. The third kappa shape index (κ3) is 3.97. The van der Waals surface area contributed by atoms with E-state index in [9.17, 15) is 13.2 Å². The lowest BCUT2D eigenvalue weighted by Gasteiger charge is -2.26. The van der Waals surface area contributed by atoms with Crippen molar-refractivity contribution in [2.75, 3.05) is 13.7 Å². The molecule has 22 heavy (non-hydrogen) atoms. The SMILES string of the molecule is C#CCN(C(CC=C)C(=O)OC)S(=O)(=O)c1ccc(C)cc1. The Morgan fingerprint density at radius 3 is 2.50 bits per heavy atom. The first-order chi connectivity index (χ1) is 10.4. The zero-order valence-corrected chi connectivity index (χ0v) is 13.5. The third-order valence-electron chi connectivity index (χ3n) is 3.09. The number of terminal acetylenes is 1. The molecule has 0 amide bonds. The van der Waals surface area contributed by atoms with Gasteiger partial charge >= 0.3 is 5.97 Å². The summed E-state index contributed by atoms with van der Waals surface area (Å²) in [6, 6.07) is 5.29. The van der Waals surface area contributed by atoms with Gasteiger partial charge in [-0.05, 0) is 25.5 Å². The molecule has 5 nitrogen and oxygen atoms in total. The van der Waals surface area contributed by atoms with Crippen molar-refractivity contribution in [2.45, 2.75) is 24.3 Å². The van der Waals surface area contributed by atoms with Gasteiger partial charge in [-0.1, -0.05) is 29.7 Å². The summed E-state index contributed by atoms with van der Waals surface area (Å²) in [4.78, 5) is 12.0. The molecule has 1 aromatic carbocycles. The Balaban J connectivity index is 3.32. The van der Waals surface area contributed by atoms with Gasteiger partial charge in [-0.15, -0.1) is 13.0 Å². The van der Waals surface area contributed by atoms with Gasteiger partial charge in [-0.2, -0.15) is 4.31 Å². The van der Waals surface area contributed by atoms with Crippen LogP contribution in [0.1, 0.15) is 12.0 Å². The number of ether oxygens (including phenoxy) is 1. The van der Waals surface area contributed by atoms with Gasteiger partial charge in [0.2, 0.25) is 10.0 Å². The van der Waals surface area contributed by atoms with Crippen LogP contribution in [0.3, 0.4) is 0 Å². The molecule has 1 atom stereocenters. The highest BCUT2D eigenvalue weighted by molar-refractivity contribution is 7.89. The Bertz CT molecular complexity index is 671. The number of nitrogens with zero attached hydrogens (tertiary/aromatic N) is 1. The number of carbonyl (C=O) groups is 1. The minimum atomic E-state index is -3.91. The summed E-state index contributed by atoms with van der Waals surface area (Å²) in [5, 5.41) is 0. The molecular weight excluding hydrogens is 302 g/mol. The molecule has 0 saturated carbocycles. The summed E-state index contributed by atoms with van der Waals surface area (Å²) < 4.78 is 31.2. The van der Waals surface area contributed by atoms with Crippen molar-refractivity contribution >= 4 is 16.0 Å². The number of methoxy groups -OCH3 is 1. The van der Waals surface area contributed by atoms with Gasteiger partial charge in [-0.25, -0.2) is 8.42 Å².